The van der Waals surface area contributed by atoms with Gasteiger partial charge in [0.1, 0.15) is 0 Å². The molecule has 2 unspecified atom stereocenters. The van der Waals surface area contributed by atoms with Gasteiger partial charge in [0.05, 0.1) is 0 Å². The minimum absolute atomic E-state index is 0.222. The first-order valence-corrected chi connectivity index (χ1v) is 6.70. The van der Waals surface area contributed by atoms with Crippen LogP contribution in [-0.4, -0.2) is 29.9 Å². The molecule has 1 saturated heterocycles. The molecule has 2 atom stereocenters. The third kappa shape index (κ3) is 2.76. The van der Waals surface area contributed by atoms with Crippen molar-refractivity contribution in [1.29, 1.82) is 0 Å². The van der Waals surface area contributed by atoms with Gasteiger partial charge in [0.15, 0.2) is 0 Å². The number of piperidine rings is 1. The number of carbonyl (C=O) groups is 1. The van der Waals surface area contributed by atoms with E-state index in [1.165, 1.54) is 25.7 Å². The van der Waals surface area contributed by atoms with Gasteiger partial charge >= 0.3 is 0 Å². The largest absolute Gasteiger partial charge is 0.342 e. The van der Waals surface area contributed by atoms with Crippen LogP contribution in [0.25, 0.3) is 0 Å². The molecule has 16 heavy (non-hydrogen) atoms. The fraction of sp³-hybridized carbons (Fsp3) is 0.923. The fourth-order valence-corrected chi connectivity index (χ4v) is 2.74. The lowest BCUT2D eigenvalue weighted by Crippen LogP contribution is -2.45. The number of hydrogen-bond donors (Lipinski definition) is 1. The summed E-state index contributed by atoms with van der Waals surface area (Å²) in [5.74, 6) is 1.57. The van der Waals surface area contributed by atoms with E-state index in [-0.39, 0.29) is 6.04 Å². The van der Waals surface area contributed by atoms with Gasteiger partial charge in [-0.05, 0) is 44.4 Å². The van der Waals surface area contributed by atoms with E-state index in [4.69, 9.17) is 5.73 Å². The Balaban J connectivity index is 1.80. The third-order valence-corrected chi connectivity index (χ3v) is 4.24. The van der Waals surface area contributed by atoms with E-state index in [1.54, 1.807) is 0 Å². The van der Waals surface area contributed by atoms with Crippen molar-refractivity contribution in [3.63, 3.8) is 0 Å². The Bertz CT molecular complexity index is 248. The summed E-state index contributed by atoms with van der Waals surface area (Å²) in [4.78, 5) is 14.1. The van der Waals surface area contributed by atoms with Crippen LogP contribution in [0, 0.1) is 11.8 Å². The number of carbonyl (C=O) groups excluding carboxylic acids is 1. The molecule has 3 nitrogen and oxygen atoms in total. The summed E-state index contributed by atoms with van der Waals surface area (Å²) < 4.78 is 0. The molecule has 3 heteroatoms. The molecule has 1 heterocycles. The molecular formula is C13H24N2O. The zero-order valence-electron chi connectivity index (χ0n) is 10.3. The summed E-state index contributed by atoms with van der Waals surface area (Å²) in [6, 6.07) is 0.222. The van der Waals surface area contributed by atoms with Crippen LogP contribution >= 0.6 is 0 Å². The maximum atomic E-state index is 12.1. The molecule has 0 aromatic carbocycles. The first-order chi connectivity index (χ1) is 7.66. The van der Waals surface area contributed by atoms with Crippen LogP contribution in [0.4, 0.5) is 0 Å². The smallest absolute Gasteiger partial charge is 0.222 e. The molecule has 0 bridgehead atoms. The molecule has 1 saturated carbocycles. The summed E-state index contributed by atoms with van der Waals surface area (Å²) in [5, 5.41) is 0. The Labute approximate surface area is 98.4 Å². The number of nitrogens with two attached hydrogens (primary N) is 1. The zero-order valence-corrected chi connectivity index (χ0v) is 10.3. The van der Waals surface area contributed by atoms with Crippen LogP contribution in [0.2, 0.25) is 0 Å². The Hall–Kier alpha value is -0.570. The second kappa shape index (κ2) is 5.17. The van der Waals surface area contributed by atoms with Crippen molar-refractivity contribution in [2.24, 2.45) is 17.6 Å². The second-order valence-corrected chi connectivity index (χ2v) is 5.60. The van der Waals surface area contributed by atoms with Gasteiger partial charge < -0.3 is 10.6 Å². The number of nitrogens with zero attached hydrogens (tertiary/aromatic N) is 1. The molecule has 0 spiro atoms. The first kappa shape index (κ1) is 11.9. The topological polar surface area (TPSA) is 46.3 Å². The third-order valence-electron chi connectivity index (χ3n) is 4.24. The van der Waals surface area contributed by atoms with Crippen LogP contribution in [-0.2, 0) is 4.79 Å². The van der Waals surface area contributed by atoms with E-state index < -0.39 is 0 Å². The van der Waals surface area contributed by atoms with E-state index >= 15 is 0 Å². The molecule has 0 radical (unpaired) electrons. The molecule has 2 rings (SSSR count). The van der Waals surface area contributed by atoms with Crippen LogP contribution in [0.3, 0.4) is 0 Å². The van der Waals surface area contributed by atoms with Gasteiger partial charge in [0, 0.05) is 25.6 Å². The van der Waals surface area contributed by atoms with Crippen molar-refractivity contribution >= 4 is 5.91 Å². The molecule has 1 aliphatic carbocycles. The lowest BCUT2D eigenvalue weighted by atomic mass is 9.82. The van der Waals surface area contributed by atoms with Crippen LogP contribution in [0.15, 0.2) is 0 Å². The van der Waals surface area contributed by atoms with Crippen LogP contribution in [0.5, 0.6) is 0 Å². The van der Waals surface area contributed by atoms with E-state index in [0.717, 1.165) is 25.9 Å². The second-order valence-electron chi connectivity index (χ2n) is 5.60. The molecule has 0 aromatic heterocycles. The van der Waals surface area contributed by atoms with Gasteiger partial charge in [0.2, 0.25) is 5.91 Å². The molecule has 1 aliphatic heterocycles. The molecule has 0 aromatic rings. The highest BCUT2D eigenvalue weighted by atomic mass is 16.2. The Kier molecular flexibility index (Phi) is 3.85. The van der Waals surface area contributed by atoms with Crippen LogP contribution < -0.4 is 5.73 Å². The molecule has 2 fully saturated rings. The standard InChI is InChI=1S/C13H24N2O/c1-10(14)12-6-3-7-15(9-12)13(16)8-11-4-2-5-11/h10-12H,2-9,14H2,1H3. The molecule has 1 amide bonds. The van der Waals surface area contributed by atoms with Gasteiger partial charge in [-0.15, -0.1) is 0 Å². The van der Waals surface area contributed by atoms with E-state index in [0.29, 0.717) is 17.7 Å². The highest BCUT2D eigenvalue weighted by Crippen LogP contribution is 2.30. The van der Waals surface area contributed by atoms with Crippen molar-refractivity contribution in [2.75, 3.05) is 13.1 Å². The number of hydrogen-bond acceptors (Lipinski definition) is 2. The van der Waals surface area contributed by atoms with Gasteiger partial charge in [-0.3, -0.25) is 4.79 Å². The van der Waals surface area contributed by atoms with E-state index in [2.05, 4.69) is 11.8 Å². The van der Waals surface area contributed by atoms with E-state index in [9.17, 15) is 4.79 Å². The fourth-order valence-electron chi connectivity index (χ4n) is 2.74. The predicted molar refractivity (Wildman–Crippen MR) is 64.9 cm³/mol. The number of rotatable bonds is 3. The quantitative estimate of drug-likeness (QED) is 0.794. The Morgan fingerprint density at radius 3 is 2.69 bits per heavy atom. The van der Waals surface area contributed by atoms with Crippen molar-refractivity contribution in [2.45, 2.75) is 51.5 Å². The van der Waals surface area contributed by atoms with Crippen molar-refractivity contribution in [3.05, 3.63) is 0 Å². The van der Waals surface area contributed by atoms with Crippen molar-refractivity contribution in [1.82, 2.24) is 4.90 Å². The summed E-state index contributed by atoms with van der Waals surface area (Å²) in [6.45, 7) is 3.91. The minimum Gasteiger partial charge on any atom is -0.342 e. The molecule has 2 N–H and O–H groups in total. The summed E-state index contributed by atoms with van der Waals surface area (Å²) in [6.07, 6.45) is 6.94. The van der Waals surface area contributed by atoms with Crippen LogP contribution in [0.1, 0.15) is 45.4 Å². The highest BCUT2D eigenvalue weighted by molar-refractivity contribution is 5.76. The lowest BCUT2D eigenvalue weighted by molar-refractivity contribution is -0.134. The highest BCUT2D eigenvalue weighted by Gasteiger charge is 2.28. The Morgan fingerprint density at radius 2 is 2.12 bits per heavy atom. The summed E-state index contributed by atoms with van der Waals surface area (Å²) in [7, 11) is 0. The normalized spacial score (nSPS) is 28.6. The van der Waals surface area contributed by atoms with Gasteiger partial charge in [0.25, 0.3) is 0 Å². The molecule has 92 valence electrons. The first-order valence-electron chi connectivity index (χ1n) is 6.70. The number of amides is 1. The summed E-state index contributed by atoms with van der Waals surface area (Å²) in [5.41, 5.74) is 5.93. The minimum atomic E-state index is 0.222. The molecule has 2 aliphatic rings. The zero-order chi connectivity index (χ0) is 11.5. The van der Waals surface area contributed by atoms with Gasteiger partial charge in [-0.25, -0.2) is 0 Å². The van der Waals surface area contributed by atoms with E-state index in [1.807, 2.05) is 0 Å². The SMILES string of the molecule is CC(N)C1CCCN(C(=O)CC2CCC2)C1. The summed E-state index contributed by atoms with van der Waals surface area (Å²) >= 11 is 0. The monoisotopic (exact) mass is 224 g/mol. The lowest BCUT2D eigenvalue weighted by Gasteiger charge is -2.36. The number of likely N-dealkylation sites (tertiary alicyclic amines) is 1. The maximum Gasteiger partial charge on any atom is 0.222 e. The predicted octanol–water partition coefficient (Wildman–Crippen LogP) is 1.76. The maximum absolute atomic E-state index is 12.1. The van der Waals surface area contributed by atoms with Gasteiger partial charge in [-0.1, -0.05) is 6.42 Å². The van der Waals surface area contributed by atoms with Crippen molar-refractivity contribution in [3.8, 4) is 0 Å². The average Bonchev–Trinajstić information content (AvgIpc) is 2.23. The molecular weight excluding hydrogens is 200 g/mol. The average molecular weight is 224 g/mol. The Morgan fingerprint density at radius 1 is 1.38 bits per heavy atom. The van der Waals surface area contributed by atoms with Gasteiger partial charge in [-0.2, -0.15) is 0 Å². The van der Waals surface area contributed by atoms with Crippen molar-refractivity contribution < 1.29 is 4.79 Å².